The molecule has 0 bridgehead atoms. The third-order valence-corrected chi connectivity index (χ3v) is 5.51. The number of carbonyl (C=O) groups is 1. The van der Waals surface area contributed by atoms with Crippen molar-refractivity contribution < 1.29 is 28.4 Å². The minimum absolute atomic E-state index is 0.215. The number of alkyl halides is 3. The zero-order chi connectivity index (χ0) is 19.7. The Hall–Kier alpha value is -1.56. The fourth-order valence-electron chi connectivity index (χ4n) is 4.15. The Labute approximate surface area is 159 Å². The molecular weight excluding hydrogens is 355 g/mol. The second-order valence-electron chi connectivity index (χ2n) is 7.71. The van der Waals surface area contributed by atoms with E-state index in [1.165, 1.54) is 76.3 Å². The first-order chi connectivity index (χ1) is 12.9. The van der Waals surface area contributed by atoms with Crippen LogP contribution >= 0.6 is 0 Å². The van der Waals surface area contributed by atoms with E-state index in [1.54, 1.807) is 0 Å². The molecule has 3 rings (SSSR count). The lowest BCUT2D eigenvalue weighted by atomic mass is 9.91. The second kappa shape index (κ2) is 10.7. The number of benzene rings is 1. The number of carboxylic acid groups (broad SMARTS) is 1. The van der Waals surface area contributed by atoms with Crippen molar-refractivity contribution in [3.8, 4) is 0 Å². The molecule has 1 aromatic carbocycles. The van der Waals surface area contributed by atoms with Gasteiger partial charge in [0.15, 0.2) is 0 Å². The van der Waals surface area contributed by atoms with Gasteiger partial charge in [-0.1, -0.05) is 31.0 Å². The third kappa shape index (κ3) is 7.91. The van der Waals surface area contributed by atoms with Crippen LogP contribution in [0, 0.1) is 0 Å². The van der Waals surface area contributed by atoms with E-state index in [4.69, 9.17) is 5.11 Å². The number of aliphatic carboxylic acids is 1. The maximum absolute atomic E-state index is 12.3. The summed E-state index contributed by atoms with van der Waals surface area (Å²) in [7, 11) is 0. The van der Waals surface area contributed by atoms with Gasteiger partial charge in [0, 0.05) is 0 Å². The summed E-state index contributed by atoms with van der Waals surface area (Å²) < 4.78 is 36.9. The fourth-order valence-corrected chi connectivity index (χ4v) is 4.15. The zero-order valence-corrected chi connectivity index (χ0v) is 15.8. The molecule has 1 aromatic rings. The van der Waals surface area contributed by atoms with Gasteiger partial charge >= 0.3 is 12.1 Å². The summed E-state index contributed by atoms with van der Waals surface area (Å²) in [5, 5.41) is 11.1. The molecule has 2 aliphatic rings. The monoisotopic (exact) mass is 386 g/mol. The van der Waals surface area contributed by atoms with Crippen molar-refractivity contribution in [1.82, 2.24) is 0 Å². The Morgan fingerprint density at radius 1 is 0.926 bits per heavy atom. The summed E-state index contributed by atoms with van der Waals surface area (Å²) in [5.41, 5.74) is -1.10. The lowest BCUT2D eigenvalue weighted by molar-refractivity contribution is -0.725. The molecule has 0 saturated heterocycles. The molecule has 0 aliphatic heterocycles. The van der Waals surface area contributed by atoms with E-state index >= 15 is 0 Å². The average Bonchev–Trinajstić information content (AvgIpc) is 2.63. The van der Waals surface area contributed by atoms with Crippen LogP contribution in [0.5, 0.6) is 0 Å². The van der Waals surface area contributed by atoms with Crippen molar-refractivity contribution in [2.75, 3.05) is 0 Å². The van der Waals surface area contributed by atoms with E-state index in [2.05, 4.69) is 5.32 Å². The number of halogens is 3. The number of hydrogen-bond acceptors (Lipinski definition) is 1. The summed E-state index contributed by atoms with van der Waals surface area (Å²) in [4.78, 5) is 10.3. The highest BCUT2D eigenvalue weighted by atomic mass is 19.4. The highest BCUT2D eigenvalue weighted by molar-refractivity contribution is 5.70. The van der Waals surface area contributed by atoms with Gasteiger partial charge in [-0.15, -0.1) is 0 Å². The molecule has 0 aromatic heterocycles. The van der Waals surface area contributed by atoms with Crippen LogP contribution in [0.4, 0.5) is 13.2 Å². The Morgan fingerprint density at radius 3 is 1.85 bits per heavy atom. The molecule has 2 aliphatic carbocycles. The smallest absolute Gasteiger partial charge is 0.416 e. The molecule has 3 nitrogen and oxygen atoms in total. The molecule has 0 atom stereocenters. The molecule has 0 heterocycles. The quantitative estimate of drug-likeness (QED) is 0.798. The van der Waals surface area contributed by atoms with Gasteiger partial charge in [-0.25, -0.2) is 0 Å². The second-order valence-corrected chi connectivity index (χ2v) is 7.71. The average molecular weight is 386 g/mol. The van der Waals surface area contributed by atoms with Crippen molar-refractivity contribution in [1.29, 1.82) is 0 Å². The molecule has 3 N–H and O–H groups in total. The summed E-state index contributed by atoms with van der Waals surface area (Å²) in [6.07, 6.45) is 9.84. The van der Waals surface area contributed by atoms with E-state index in [-0.39, 0.29) is 5.56 Å². The number of quaternary nitrogens is 1. The van der Waals surface area contributed by atoms with Crippen LogP contribution in [0.25, 0.3) is 0 Å². The van der Waals surface area contributed by atoms with E-state index < -0.39 is 24.1 Å². The summed E-state index contributed by atoms with van der Waals surface area (Å²) in [6, 6.07) is 6.64. The minimum atomic E-state index is -4.49. The van der Waals surface area contributed by atoms with E-state index in [1.807, 2.05) is 0 Å². The summed E-state index contributed by atoms with van der Waals surface area (Å²) >= 11 is 0. The maximum atomic E-state index is 12.3. The normalized spacial score (nSPS) is 19.2. The Morgan fingerprint density at radius 2 is 1.41 bits per heavy atom. The first kappa shape index (κ1) is 21.7. The topological polar surface area (TPSA) is 53.9 Å². The van der Waals surface area contributed by atoms with Gasteiger partial charge < -0.3 is 10.4 Å². The van der Waals surface area contributed by atoms with Gasteiger partial charge in [0.05, 0.1) is 24.1 Å². The molecule has 2 fully saturated rings. The van der Waals surface area contributed by atoms with Gasteiger partial charge in [-0.2, -0.15) is 13.2 Å². The first-order valence-electron chi connectivity index (χ1n) is 10.1. The molecule has 0 amide bonds. The first-order valence-corrected chi connectivity index (χ1v) is 10.1. The van der Waals surface area contributed by atoms with Crippen LogP contribution in [-0.4, -0.2) is 23.2 Å². The standard InChI is InChI=1S/C12H23N.C9H7F3O2/c1-3-7-11(8-4-1)13-12-9-5-2-6-10-12;10-9(11,12)7-4-2-1-3-6(7)5-8(13)14/h11-13H,1-10H2;1-4H,5H2,(H,13,14)/p+1. The van der Waals surface area contributed by atoms with Gasteiger partial charge in [0.2, 0.25) is 0 Å². The van der Waals surface area contributed by atoms with Crippen LogP contribution in [0.3, 0.4) is 0 Å². The van der Waals surface area contributed by atoms with Crippen molar-refractivity contribution in [3.05, 3.63) is 35.4 Å². The van der Waals surface area contributed by atoms with Crippen molar-refractivity contribution in [2.45, 2.75) is 88.9 Å². The van der Waals surface area contributed by atoms with Gasteiger partial charge in [-0.3, -0.25) is 4.79 Å². The van der Waals surface area contributed by atoms with Gasteiger partial charge in [-0.05, 0) is 63.0 Å². The van der Waals surface area contributed by atoms with Crippen LogP contribution in [-0.2, 0) is 17.4 Å². The number of nitrogens with two attached hydrogens (primary N) is 1. The van der Waals surface area contributed by atoms with Gasteiger partial charge in [0.25, 0.3) is 0 Å². The maximum Gasteiger partial charge on any atom is 0.416 e. The largest absolute Gasteiger partial charge is 0.481 e. The van der Waals surface area contributed by atoms with E-state index in [0.29, 0.717) is 0 Å². The van der Waals surface area contributed by atoms with Crippen LogP contribution in [0.15, 0.2) is 24.3 Å². The van der Waals surface area contributed by atoms with Crippen molar-refractivity contribution in [3.63, 3.8) is 0 Å². The van der Waals surface area contributed by atoms with Crippen molar-refractivity contribution in [2.24, 2.45) is 0 Å². The Kier molecular flexibility index (Phi) is 8.61. The molecule has 2 saturated carbocycles. The van der Waals surface area contributed by atoms with Crippen molar-refractivity contribution >= 4 is 5.97 Å². The predicted molar refractivity (Wildman–Crippen MR) is 98.5 cm³/mol. The zero-order valence-electron chi connectivity index (χ0n) is 15.8. The molecule has 0 radical (unpaired) electrons. The molecular formula is C21H31F3NO2+. The lowest BCUT2D eigenvalue weighted by Gasteiger charge is -2.27. The molecule has 6 heteroatoms. The number of carboxylic acids is 1. The van der Waals surface area contributed by atoms with Crippen LogP contribution < -0.4 is 5.32 Å². The molecule has 0 spiro atoms. The SMILES string of the molecule is C1CCC([NH2+]C2CCCCC2)CC1.O=C(O)Cc1ccccc1C(F)(F)F. The lowest BCUT2D eigenvalue weighted by Crippen LogP contribution is -2.95. The van der Waals surface area contributed by atoms with Crippen LogP contribution in [0.1, 0.15) is 75.3 Å². The Bertz CT molecular complexity index is 561. The van der Waals surface area contributed by atoms with Gasteiger partial charge in [0.1, 0.15) is 0 Å². The third-order valence-electron chi connectivity index (χ3n) is 5.51. The highest BCUT2D eigenvalue weighted by Crippen LogP contribution is 2.31. The summed E-state index contributed by atoms with van der Waals surface area (Å²) in [6.45, 7) is 0. The molecule has 152 valence electrons. The Balaban J connectivity index is 0.000000194. The summed E-state index contributed by atoms with van der Waals surface area (Å²) in [5.74, 6) is -1.28. The van der Waals surface area contributed by atoms with E-state index in [0.717, 1.165) is 24.2 Å². The number of rotatable bonds is 4. The molecule has 0 unspecified atom stereocenters. The minimum Gasteiger partial charge on any atom is -0.481 e. The van der Waals surface area contributed by atoms with E-state index in [9.17, 15) is 18.0 Å². The molecule has 27 heavy (non-hydrogen) atoms. The van der Waals surface area contributed by atoms with Crippen LogP contribution in [0.2, 0.25) is 0 Å². The fraction of sp³-hybridized carbons (Fsp3) is 0.667. The number of hydrogen-bond donors (Lipinski definition) is 2. The highest BCUT2D eigenvalue weighted by Gasteiger charge is 2.33. The predicted octanol–water partition coefficient (Wildman–Crippen LogP) is 4.55.